The summed E-state index contributed by atoms with van der Waals surface area (Å²) in [6, 6.07) is 0.375. The fourth-order valence-corrected chi connectivity index (χ4v) is 2.49. The van der Waals surface area contributed by atoms with E-state index in [1.807, 2.05) is 0 Å². The van der Waals surface area contributed by atoms with E-state index in [1.165, 1.54) is 11.9 Å². The van der Waals surface area contributed by atoms with Crippen molar-refractivity contribution >= 4 is 5.91 Å². The van der Waals surface area contributed by atoms with Gasteiger partial charge in [0.1, 0.15) is 0 Å². The largest absolute Gasteiger partial charge is 0.503 e. The van der Waals surface area contributed by atoms with E-state index in [-0.39, 0.29) is 6.04 Å². The fourth-order valence-electron chi connectivity index (χ4n) is 2.49. The van der Waals surface area contributed by atoms with Crippen molar-refractivity contribution in [1.82, 2.24) is 10.2 Å². The molecule has 0 aromatic heterocycles. The molecule has 1 saturated heterocycles. The predicted molar refractivity (Wildman–Crippen MR) is 70.6 cm³/mol. The molecule has 1 heterocycles. The van der Waals surface area contributed by atoms with E-state index in [0.717, 1.165) is 25.9 Å². The molecular weight excluding hydrogens is 285 g/mol. The minimum Gasteiger partial charge on any atom is -0.503 e. The molecule has 1 aromatic rings. The van der Waals surface area contributed by atoms with Crippen LogP contribution < -0.4 is 5.32 Å². The van der Waals surface area contributed by atoms with Crippen molar-refractivity contribution in [3.63, 3.8) is 0 Å². The van der Waals surface area contributed by atoms with Crippen LogP contribution in [0.3, 0.4) is 0 Å². The second kappa shape index (κ2) is 6.34. The normalized spacial score (nSPS) is 19.1. The number of carbonyl (C=O) groups is 1. The summed E-state index contributed by atoms with van der Waals surface area (Å²) in [6.07, 6.45) is 2.31. The first-order valence-corrected chi connectivity index (χ1v) is 6.77. The van der Waals surface area contributed by atoms with Crippen molar-refractivity contribution in [2.75, 3.05) is 20.1 Å². The van der Waals surface area contributed by atoms with Crippen LogP contribution in [0, 0.1) is 17.5 Å². The summed E-state index contributed by atoms with van der Waals surface area (Å²) in [5, 5.41) is 12.4. The molecule has 1 aliphatic heterocycles. The molecule has 21 heavy (non-hydrogen) atoms. The summed E-state index contributed by atoms with van der Waals surface area (Å²) in [5.41, 5.74) is -0.661. The Bertz CT molecular complexity index is 544. The lowest BCUT2D eigenvalue weighted by molar-refractivity contribution is 0.0714. The molecule has 2 rings (SSSR count). The lowest BCUT2D eigenvalue weighted by Crippen LogP contribution is -2.38. The van der Waals surface area contributed by atoms with Gasteiger partial charge in [0, 0.05) is 13.1 Å². The SMILES string of the molecule is CN(C(=O)c1cc(F)c(F)c(O)c1F)C1CCCNCC1. The molecule has 1 aromatic carbocycles. The molecule has 0 saturated carbocycles. The van der Waals surface area contributed by atoms with E-state index in [1.54, 1.807) is 0 Å². The number of benzene rings is 1. The van der Waals surface area contributed by atoms with Crippen LogP contribution in [-0.4, -0.2) is 42.1 Å². The van der Waals surface area contributed by atoms with Crippen molar-refractivity contribution in [2.45, 2.75) is 25.3 Å². The zero-order valence-corrected chi connectivity index (χ0v) is 11.6. The van der Waals surface area contributed by atoms with Crippen LogP contribution in [0.5, 0.6) is 5.75 Å². The van der Waals surface area contributed by atoms with Crippen LogP contribution in [0.2, 0.25) is 0 Å². The number of hydrogen-bond acceptors (Lipinski definition) is 3. The number of halogens is 3. The fraction of sp³-hybridized carbons (Fsp3) is 0.500. The number of hydrogen-bond donors (Lipinski definition) is 2. The number of nitrogens with one attached hydrogen (secondary N) is 1. The first kappa shape index (κ1) is 15.6. The Hall–Kier alpha value is -1.76. The van der Waals surface area contributed by atoms with Crippen molar-refractivity contribution in [3.8, 4) is 5.75 Å². The molecule has 1 fully saturated rings. The van der Waals surface area contributed by atoms with E-state index in [2.05, 4.69) is 5.32 Å². The minimum absolute atomic E-state index is 0.109. The summed E-state index contributed by atoms with van der Waals surface area (Å²) < 4.78 is 40.1. The van der Waals surface area contributed by atoms with Gasteiger partial charge in [-0.2, -0.15) is 4.39 Å². The lowest BCUT2D eigenvalue weighted by atomic mass is 10.1. The van der Waals surface area contributed by atoms with Gasteiger partial charge in [-0.3, -0.25) is 4.79 Å². The van der Waals surface area contributed by atoms with Crippen molar-refractivity contribution in [2.24, 2.45) is 0 Å². The second-order valence-corrected chi connectivity index (χ2v) is 5.13. The molecule has 0 spiro atoms. The minimum atomic E-state index is -1.69. The molecule has 7 heteroatoms. The van der Waals surface area contributed by atoms with Gasteiger partial charge in [0.05, 0.1) is 5.56 Å². The van der Waals surface area contributed by atoms with Crippen LogP contribution in [-0.2, 0) is 0 Å². The van der Waals surface area contributed by atoms with Gasteiger partial charge in [-0.1, -0.05) is 0 Å². The Kier molecular flexibility index (Phi) is 4.72. The molecule has 0 aliphatic carbocycles. The Labute approximate surface area is 120 Å². The van der Waals surface area contributed by atoms with Crippen molar-refractivity contribution < 1.29 is 23.1 Å². The molecule has 1 aliphatic rings. The van der Waals surface area contributed by atoms with Crippen LogP contribution in [0.4, 0.5) is 13.2 Å². The highest BCUT2D eigenvalue weighted by Gasteiger charge is 2.28. The van der Waals surface area contributed by atoms with Gasteiger partial charge in [0.2, 0.25) is 5.82 Å². The smallest absolute Gasteiger partial charge is 0.257 e. The summed E-state index contributed by atoms with van der Waals surface area (Å²) in [5.74, 6) is -6.81. The van der Waals surface area contributed by atoms with Crippen molar-refractivity contribution in [1.29, 1.82) is 0 Å². The molecule has 2 N–H and O–H groups in total. The Morgan fingerprint density at radius 2 is 2.00 bits per heavy atom. The van der Waals surface area contributed by atoms with Gasteiger partial charge in [-0.25, -0.2) is 8.78 Å². The van der Waals surface area contributed by atoms with Gasteiger partial charge in [-0.05, 0) is 38.4 Å². The molecule has 116 valence electrons. The second-order valence-electron chi connectivity index (χ2n) is 5.13. The molecule has 0 bridgehead atoms. The van der Waals surface area contributed by atoms with Gasteiger partial charge >= 0.3 is 0 Å². The van der Waals surface area contributed by atoms with Crippen LogP contribution >= 0.6 is 0 Å². The van der Waals surface area contributed by atoms with Crippen molar-refractivity contribution in [3.05, 3.63) is 29.1 Å². The highest BCUT2D eigenvalue weighted by Crippen LogP contribution is 2.27. The third-order valence-electron chi connectivity index (χ3n) is 3.78. The van der Waals surface area contributed by atoms with Gasteiger partial charge in [0.15, 0.2) is 17.4 Å². The molecule has 1 atom stereocenters. The number of phenolic OH excluding ortho intramolecular Hbond substituents is 1. The predicted octanol–water partition coefficient (Wildman–Crippen LogP) is 2.02. The first-order valence-electron chi connectivity index (χ1n) is 6.77. The number of phenols is 1. The monoisotopic (exact) mass is 302 g/mol. The Morgan fingerprint density at radius 1 is 1.29 bits per heavy atom. The lowest BCUT2D eigenvalue weighted by Gasteiger charge is -2.27. The maximum absolute atomic E-state index is 13.8. The number of aromatic hydroxyl groups is 1. The van der Waals surface area contributed by atoms with Gasteiger partial charge < -0.3 is 15.3 Å². The number of amides is 1. The average molecular weight is 302 g/mol. The van der Waals surface area contributed by atoms with Gasteiger partial charge in [-0.15, -0.1) is 0 Å². The topological polar surface area (TPSA) is 52.6 Å². The number of nitrogens with zero attached hydrogens (tertiary/aromatic N) is 1. The van der Waals surface area contributed by atoms with E-state index in [4.69, 9.17) is 0 Å². The van der Waals surface area contributed by atoms with E-state index < -0.39 is 34.7 Å². The third kappa shape index (κ3) is 3.12. The quantitative estimate of drug-likeness (QED) is 0.822. The molecule has 1 amide bonds. The van der Waals surface area contributed by atoms with E-state index >= 15 is 0 Å². The standard InChI is InChI=1S/C14H17F3N2O2/c1-19(8-3-2-5-18-6-4-8)14(21)9-7-10(15)12(17)13(20)11(9)16/h7-8,18,20H,2-6H2,1H3. The summed E-state index contributed by atoms with van der Waals surface area (Å²) in [4.78, 5) is 13.6. The average Bonchev–Trinajstić information content (AvgIpc) is 2.76. The Morgan fingerprint density at radius 3 is 2.71 bits per heavy atom. The van der Waals surface area contributed by atoms with E-state index in [9.17, 15) is 23.1 Å². The number of carbonyl (C=O) groups excluding carboxylic acids is 1. The van der Waals surface area contributed by atoms with Crippen LogP contribution in [0.25, 0.3) is 0 Å². The maximum atomic E-state index is 13.8. The third-order valence-corrected chi connectivity index (χ3v) is 3.78. The summed E-state index contributed by atoms with van der Waals surface area (Å²) >= 11 is 0. The summed E-state index contributed by atoms with van der Waals surface area (Å²) in [7, 11) is 1.50. The summed E-state index contributed by atoms with van der Waals surface area (Å²) in [6.45, 7) is 1.58. The number of rotatable bonds is 2. The zero-order chi connectivity index (χ0) is 15.6. The van der Waals surface area contributed by atoms with Crippen LogP contribution in [0.1, 0.15) is 29.6 Å². The Balaban J connectivity index is 2.27. The first-order chi connectivity index (χ1) is 9.93. The van der Waals surface area contributed by atoms with Gasteiger partial charge in [0.25, 0.3) is 5.91 Å². The molecular formula is C14H17F3N2O2. The van der Waals surface area contributed by atoms with E-state index in [0.29, 0.717) is 12.5 Å². The highest BCUT2D eigenvalue weighted by molar-refractivity contribution is 5.95. The maximum Gasteiger partial charge on any atom is 0.257 e. The molecule has 4 nitrogen and oxygen atoms in total. The highest BCUT2D eigenvalue weighted by atomic mass is 19.2. The zero-order valence-electron chi connectivity index (χ0n) is 11.6. The molecule has 1 unspecified atom stereocenters. The molecule has 0 radical (unpaired) electrons. The van der Waals surface area contributed by atoms with Crippen LogP contribution in [0.15, 0.2) is 6.07 Å².